The lowest BCUT2D eigenvalue weighted by atomic mass is 10.1. The van der Waals surface area contributed by atoms with E-state index in [0.29, 0.717) is 23.0 Å². The van der Waals surface area contributed by atoms with Crippen LogP contribution in [0.5, 0.6) is 0 Å². The number of hydrogen-bond donors (Lipinski definition) is 0. The van der Waals surface area contributed by atoms with Crippen LogP contribution >= 0.6 is 11.6 Å². The zero-order chi connectivity index (χ0) is 17.1. The molecule has 0 unspecified atom stereocenters. The second kappa shape index (κ2) is 6.84. The second-order valence-electron chi connectivity index (χ2n) is 5.17. The highest BCUT2D eigenvalue weighted by Gasteiger charge is 2.15. The first-order valence-electron chi connectivity index (χ1n) is 7.23. The van der Waals surface area contributed by atoms with Crippen LogP contribution in [0.3, 0.4) is 0 Å². The van der Waals surface area contributed by atoms with Crippen molar-refractivity contribution in [2.75, 3.05) is 7.11 Å². The predicted octanol–water partition coefficient (Wildman–Crippen LogP) is 4.18. The number of hydrogen-bond acceptors (Lipinski definition) is 3. The van der Waals surface area contributed by atoms with Gasteiger partial charge < -0.3 is 9.30 Å². The van der Waals surface area contributed by atoms with Crippen molar-refractivity contribution in [3.05, 3.63) is 76.8 Å². The summed E-state index contributed by atoms with van der Waals surface area (Å²) < 4.78 is 20.7. The number of ether oxygens (including phenoxy) is 1. The van der Waals surface area contributed by atoms with Crippen molar-refractivity contribution in [2.24, 2.45) is 0 Å². The summed E-state index contributed by atoms with van der Waals surface area (Å²) >= 11 is 6.13. The summed E-state index contributed by atoms with van der Waals surface area (Å²) in [7, 11) is 1.34. The van der Waals surface area contributed by atoms with Crippen molar-refractivity contribution < 1.29 is 13.9 Å². The fourth-order valence-corrected chi connectivity index (χ4v) is 2.74. The van der Waals surface area contributed by atoms with Gasteiger partial charge >= 0.3 is 5.97 Å². The average molecular weight is 345 g/mol. The van der Waals surface area contributed by atoms with E-state index in [2.05, 4.69) is 4.98 Å². The van der Waals surface area contributed by atoms with E-state index in [1.807, 2.05) is 6.07 Å². The van der Waals surface area contributed by atoms with Gasteiger partial charge in [-0.2, -0.15) is 0 Å². The predicted molar refractivity (Wildman–Crippen MR) is 89.5 cm³/mol. The summed E-state index contributed by atoms with van der Waals surface area (Å²) in [6.07, 6.45) is 3.32. The molecular formula is C18H14ClFN2O2. The molecule has 3 rings (SSSR count). The number of carbonyl (C=O) groups is 1. The minimum Gasteiger partial charge on any atom is -0.465 e. The minimum atomic E-state index is -0.432. The quantitative estimate of drug-likeness (QED) is 0.667. The van der Waals surface area contributed by atoms with Crippen molar-refractivity contribution in [3.63, 3.8) is 0 Å². The van der Waals surface area contributed by atoms with E-state index in [1.165, 1.54) is 13.2 Å². The molecule has 0 bridgehead atoms. The molecule has 0 fully saturated rings. The summed E-state index contributed by atoms with van der Waals surface area (Å²) in [4.78, 5) is 15.9. The Kier molecular flexibility index (Phi) is 4.62. The van der Waals surface area contributed by atoms with E-state index >= 15 is 0 Å². The summed E-state index contributed by atoms with van der Waals surface area (Å²) in [6, 6.07) is 11.6. The molecule has 0 N–H and O–H groups in total. The number of methoxy groups -OCH3 is 1. The third-order valence-electron chi connectivity index (χ3n) is 3.60. The normalized spacial score (nSPS) is 10.6. The number of nitrogens with zero attached hydrogens (tertiary/aromatic N) is 2. The standard InChI is InChI=1S/C18H14ClFN2O2/c1-24-18(23)13-5-2-4-12(10-13)11-22-9-8-21-17(22)16-14(19)6-3-7-15(16)20/h2-10H,11H2,1H3. The van der Waals surface area contributed by atoms with E-state index < -0.39 is 11.8 Å². The molecule has 1 heterocycles. The monoisotopic (exact) mass is 344 g/mol. The zero-order valence-corrected chi connectivity index (χ0v) is 13.6. The highest BCUT2D eigenvalue weighted by atomic mass is 35.5. The molecule has 0 spiro atoms. The highest BCUT2D eigenvalue weighted by Crippen LogP contribution is 2.29. The average Bonchev–Trinajstić information content (AvgIpc) is 3.02. The Bertz CT molecular complexity index is 872. The SMILES string of the molecule is COC(=O)c1cccc(Cn2ccnc2-c2c(F)cccc2Cl)c1. The van der Waals surface area contributed by atoms with Crippen LogP contribution in [-0.4, -0.2) is 22.6 Å². The van der Waals surface area contributed by atoms with Crippen LogP contribution in [0.1, 0.15) is 15.9 Å². The first-order valence-corrected chi connectivity index (χ1v) is 7.60. The van der Waals surface area contributed by atoms with Crippen LogP contribution in [0.25, 0.3) is 11.4 Å². The van der Waals surface area contributed by atoms with Gasteiger partial charge in [0.05, 0.1) is 23.3 Å². The van der Waals surface area contributed by atoms with E-state index in [9.17, 15) is 9.18 Å². The van der Waals surface area contributed by atoms with Gasteiger partial charge in [0, 0.05) is 18.9 Å². The maximum atomic E-state index is 14.1. The fraction of sp³-hybridized carbons (Fsp3) is 0.111. The van der Waals surface area contributed by atoms with Gasteiger partial charge in [-0.05, 0) is 29.8 Å². The lowest BCUT2D eigenvalue weighted by molar-refractivity contribution is 0.0600. The van der Waals surface area contributed by atoms with Crippen molar-refractivity contribution in [3.8, 4) is 11.4 Å². The molecule has 0 atom stereocenters. The van der Waals surface area contributed by atoms with Crippen LogP contribution in [0, 0.1) is 5.82 Å². The van der Waals surface area contributed by atoms with E-state index in [-0.39, 0.29) is 5.56 Å². The summed E-state index contributed by atoms with van der Waals surface area (Å²) in [5, 5.41) is 0.297. The van der Waals surface area contributed by atoms with Crippen LogP contribution in [-0.2, 0) is 11.3 Å². The third kappa shape index (κ3) is 3.16. The molecule has 122 valence electrons. The molecular weight excluding hydrogens is 331 g/mol. The Labute approximate surface area is 143 Å². The fourth-order valence-electron chi connectivity index (χ4n) is 2.49. The Hall–Kier alpha value is -2.66. The molecule has 6 heteroatoms. The van der Waals surface area contributed by atoms with Crippen LogP contribution in [0.15, 0.2) is 54.9 Å². The van der Waals surface area contributed by atoms with Gasteiger partial charge in [0.15, 0.2) is 0 Å². The molecule has 0 aliphatic rings. The van der Waals surface area contributed by atoms with Crippen LogP contribution < -0.4 is 0 Å². The maximum absolute atomic E-state index is 14.1. The van der Waals surface area contributed by atoms with Gasteiger partial charge in [-0.15, -0.1) is 0 Å². The lowest BCUT2D eigenvalue weighted by Gasteiger charge is -2.11. The molecule has 1 aromatic heterocycles. The molecule has 0 aliphatic heterocycles. The largest absolute Gasteiger partial charge is 0.465 e. The Morgan fingerprint density at radius 2 is 2.08 bits per heavy atom. The Balaban J connectivity index is 1.96. The number of esters is 1. The molecule has 0 saturated carbocycles. The van der Waals surface area contributed by atoms with Crippen molar-refractivity contribution in [1.82, 2.24) is 9.55 Å². The smallest absolute Gasteiger partial charge is 0.337 e. The molecule has 0 aliphatic carbocycles. The van der Waals surface area contributed by atoms with Crippen molar-refractivity contribution >= 4 is 17.6 Å². The van der Waals surface area contributed by atoms with Gasteiger partial charge in [-0.25, -0.2) is 14.2 Å². The molecule has 0 radical (unpaired) electrons. The van der Waals surface area contributed by atoms with Gasteiger partial charge in [0.1, 0.15) is 11.6 Å². The maximum Gasteiger partial charge on any atom is 0.337 e. The molecule has 2 aromatic carbocycles. The number of halogens is 2. The van der Waals surface area contributed by atoms with Crippen LogP contribution in [0.4, 0.5) is 4.39 Å². The Morgan fingerprint density at radius 3 is 2.83 bits per heavy atom. The topological polar surface area (TPSA) is 44.1 Å². The van der Waals surface area contributed by atoms with Gasteiger partial charge in [-0.3, -0.25) is 0 Å². The van der Waals surface area contributed by atoms with Crippen molar-refractivity contribution in [2.45, 2.75) is 6.54 Å². The summed E-state index contributed by atoms with van der Waals surface area (Å²) in [6.45, 7) is 0.421. The molecule has 4 nitrogen and oxygen atoms in total. The number of aromatic nitrogens is 2. The number of carbonyl (C=O) groups excluding carboxylic acids is 1. The van der Waals surface area contributed by atoms with Gasteiger partial charge in [0.25, 0.3) is 0 Å². The van der Waals surface area contributed by atoms with Gasteiger partial charge in [-0.1, -0.05) is 29.8 Å². The summed E-state index contributed by atoms with van der Waals surface area (Å²) in [5.74, 6) is -0.403. The summed E-state index contributed by atoms with van der Waals surface area (Å²) in [5.41, 5.74) is 1.58. The zero-order valence-electron chi connectivity index (χ0n) is 12.9. The molecule has 0 saturated heterocycles. The number of imidazole rings is 1. The minimum absolute atomic E-state index is 0.258. The number of benzene rings is 2. The number of rotatable bonds is 4. The molecule has 3 aromatic rings. The second-order valence-corrected chi connectivity index (χ2v) is 5.57. The Morgan fingerprint density at radius 1 is 1.29 bits per heavy atom. The molecule has 0 amide bonds. The first kappa shape index (κ1) is 16.2. The molecule has 24 heavy (non-hydrogen) atoms. The van der Waals surface area contributed by atoms with Gasteiger partial charge in [0.2, 0.25) is 0 Å². The highest BCUT2D eigenvalue weighted by molar-refractivity contribution is 6.33. The van der Waals surface area contributed by atoms with E-state index in [1.54, 1.807) is 47.3 Å². The van der Waals surface area contributed by atoms with E-state index in [0.717, 1.165) is 5.56 Å². The lowest BCUT2D eigenvalue weighted by Crippen LogP contribution is -2.05. The van der Waals surface area contributed by atoms with Crippen LogP contribution in [0.2, 0.25) is 5.02 Å². The van der Waals surface area contributed by atoms with E-state index in [4.69, 9.17) is 16.3 Å². The van der Waals surface area contributed by atoms with Crippen molar-refractivity contribution in [1.29, 1.82) is 0 Å². The third-order valence-corrected chi connectivity index (χ3v) is 3.92. The first-order chi connectivity index (χ1) is 11.6.